The first-order valence-corrected chi connectivity index (χ1v) is 7.99. The number of nitrogens with one attached hydrogen (secondary N) is 1. The summed E-state index contributed by atoms with van der Waals surface area (Å²) in [6.45, 7) is 5.93. The fraction of sp³-hybridized carbons (Fsp3) is 0.733. The summed E-state index contributed by atoms with van der Waals surface area (Å²) in [4.78, 5) is 28.3. The van der Waals surface area contributed by atoms with Gasteiger partial charge < -0.3 is 19.8 Å². The monoisotopic (exact) mass is 378 g/mol. The van der Waals surface area contributed by atoms with Crippen LogP contribution in [0.25, 0.3) is 0 Å². The number of nitrogens with zero attached hydrogens (tertiary/aromatic N) is 3. The summed E-state index contributed by atoms with van der Waals surface area (Å²) in [6, 6.07) is -1.55. The molecular weight excluding hydrogens is 357 g/mol. The van der Waals surface area contributed by atoms with Gasteiger partial charge in [0.25, 0.3) is 0 Å². The Morgan fingerprint density at radius 3 is 2.35 bits per heavy atom. The van der Waals surface area contributed by atoms with Crippen LogP contribution in [-0.4, -0.2) is 51.4 Å². The number of carboxylic acids is 1. The van der Waals surface area contributed by atoms with Gasteiger partial charge in [0, 0.05) is 18.5 Å². The third kappa shape index (κ3) is 4.25. The van der Waals surface area contributed by atoms with Crippen LogP contribution in [0.2, 0.25) is 0 Å². The van der Waals surface area contributed by atoms with Crippen molar-refractivity contribution in [2.24, 2.45) is 11.8 Å². The molecule has 3 atom stereocenters. The summed E-state index contributed by atoms with van der Waals surface area (Å²) in [5, 5.41) is 15.3. The van der Waals surface area contributed by atoms with Gasteiger partial charge in [-0.15, -0.1) is 0 Å². The SMILES string of the molecule is CC(NC(=O)N1C[C@@H](C(F)(F)F)[C@H](C(=O)O)C1)c1nc(C(C)(C)C)no1. The Bertz CT molecular complexity index is 683. The molecule has 0 saturated carbocycles. The molecule has 0 spiro atoms. The van der Waals surface area contributed by atoms with Crippen molar-refractivity contribution < 1.29 is 32.4 Å². The molecular formula is C15H21F3N4O4. The maximum atomic E-state index is 13.0. The summed E-state index contributed by atoms with van der Waals surface area (Å²) in [5.41, 5.74) is -0.366. The zero-order valence-electron chi connectivity index (χ0n) is 14.8. The average Bonchev–Trinajstić information content (AvgIpc) is 3.13. The number of likely N-dealkylation sites (tertiary alicyclic amines) is 1. The average molecular weight is 378 g/mol. The second-order valence-electron chi connectivity index (χ2n) is 7.38. The van der Waals surface area contributed by atoms with E-state index in [0.717, 1.165) is 4.90 Å². The van der Waals surface area contributed by atoms with Crippen molar-refractivity contribution in [2.45, 2.75) is 45.3 Å². The number of aliphatic carboxylic acids is 1. The van der Waals surface area contributed by atoms with Crippen LogP contribution in [0.4, 0.5) is 18.0 Å². The number of hydrogen-bond donors (Lipinski definition) is 2. The minimum atomic E-state index is -4.70. The molecule has 11 heteroatoms. The standard InChI is InChI=1S/C15H21F3N4O4/c1-7(10-20-12(21-26-10)14(2,3)4)19-13(25)22-5-8(11(23)24)9(6-22)15(16,17)18/h7-9H,5-6H2,1-4H3,(H,19,25)(H,23,24)/t7?,8-,9-/m1/s1. The second kappa shape index (κ2) is 6.76. The number of alkyl halides is 3. The number of rotatable bonds is 3. The van der Waals surface area contributed by atoms with E-state index in [1.165, 1.54) is 0 Å². The smallest absolute Gasteiger partial charge is 0.394 e. The Labute approximate surface area is 147 Å². The highest BCUT2D eigenvalue weighted by molar-refractivity contribution is 5.78. The van der Waals surface area contributed by atoms with Crippen LogP contribution in [0.3, 0.4) is 0 Å². The zero-order valence-corrected chi connectivity index (χ0v) is 14.8. The van der Waals surface area contributed by atoms with Gasteiger partial charge >= 0.3 is 18.2 Å². The lowest BCUT2D eigenvalue weighted by Gasteiger charge is -2.20. The van der Waals surface area contributed by atoms with Gasteiger partial charge in [-0.3, -0.25) is 4.79 Å². The number of aromatic nitrogens is 2. The molecule has 26 heavy (non-hydrogen) atoms. The van der Waals surface area contributed by atoms with Crippen molar-refractivity contribution in [1.29, 1.82) is 0 Å². The third-order valence-electron chi connectivity index (χ3n) is 4.17. The summed E-state index contributed by atoms with van der Waals surface area (Å²) >= 11 is 0. The molecule has 2 amide bonds. The molecule has 1 aromatic heterocycles. The molecule has 2 rings (SSSR count). The van der Waals surface area contributed by atoms with Gasteiger partial charge in [-0.2, -0.15) is 18.2 Å². The lowest BCUT2D eigenvalue weighted by molar-refractivity contribution is -0.187. The second-order valence-corrected chi connectivity index (χ2v) is 7.38. The van der Waals surface area contributed by atoms with Crippen LogP contribution in [0.15, 0.2) is 4.52 Å². The maximum absolute atomic E-state index is 13.0. The predicted octanol–water partition coefficient (Wildman–Crippen LogP) is 2.33. The zero-order chi connectivity index (χ0) is 19.9. The topological polar surface area (TPSA) is 109 Å². The summed E-state index contributed by atoms with van der Waals surface area (Å²) < 4.78 is 44.1. The summed E-state index contributed by atoms with van der Waals surface area (Å²) in [5.74, 6) is -4.83. The van der Waals surface area contributed by atoms with Crippen LogP contribution in [0, 0.1) is 11.8 Å². The van der Waals surface area contributed by atoms with Gasteiger partial charge in [0.15, 0.2) is 5.82 Å². The van der Waals surface area contributed by atoms with E-state index in [1.54, 1.807) is 6.92 Å². The summed E-state index contributed by atoms with van der Waals surface area (Å²) in [7, 11) is 0. The number of carboxylic acid groups (broad SMARTS) is 1. The molecule has 0 aliphatic carbocycles. The van der Waals surface area contributed by atoms with Gasteiger partial charge in [-0.25, -0.2) is 4.79 Å². The number of carbonyl (C=O) groups excluding carboxylic acids is 1. The van der Waals surface area contributed by atoms with E-state index < -0.39 is 49.1 Å². The van der Waals surface area contributed by atoms with Gasteiger partial charge in [0.1, 0.15) is 6.04 Å². The molecule has 1 aliphatic heterocycles. The van der Waals surface area contributed by atoms with E-state index in [1.807, 2.05) is 20.8 Å². The Hall–Kier alpha value is -2.33. The maximum Gasteiger partial charge on any atom is 0.394 e. The minimum Gasteiger partial charge on any atom is -0.481 e. The van der Waals surface area contributed by atoms with Crippen molar-refractivity contribution in [3.63, 3.8) is 0 Å². The number of amides is 2. The van der Waals surface area contributed by atoms with E-state index in [4.69, 9.17) is 9.63 Å². The lowest BCUT2D eigenvalue weighted by atomic mass is 9.96. The third-order valence-corrected chi connectivity index (χ3v) is 4.17. The fourth-order valence-electron chi connectivity index (χ4n) is 2.61. The van der Waals surface area contributed by atoms with Crippen LogP contribution >= 0.6 is 0 Å². The molecule has 2 N–H and O–H groups in total. The molecule has 1 fully saturated rings. The van der Waals surface area contributed by atoms with Crippen molar-refractivity contribution >= 4 is 12.0 Å². The predicted molar refractivity (Wildman–Crippen MR) is 82.2 cm³/mol. The van der Waals surface area contributed by atoms with Gasteiger partial charge in [-0.05, 0) is 6.92 Å². The van der Waals surface area contributed by atoms with E-state index in [0.29, 0.717) is 5.82 Å². The van der Waals surface area contributed by atoms with Crippen molar-refractivity contribution in [2.75, 3.05) is 13.1 Å². The van der Waals surface area contributed by atoms with Crippen molar-refractivity contribution in [3.05, 3.63) is 11.7 Å². The molecule has 1 saturated heterocycles. The molecule has 146 valence electrons. The molecule has 2 heterocycles. The van der Waals surface area contributed by atoms with Crippen molar-refractivity contribution in [1.82, 2.24) is 20.4 Å². The fourth-order valence-corrected chi connectivity index (χ4v) is 2.61. The first-order chi connectivity index (χ1) is 11.8. The molecule has 8 nitrogen and oxygen atoms in total. The molecule has 1 unspecified atom stereocenters. The van der Waals surface area contributed by atoms with E-state index in [-0.39, 0.29) is 11.3 Å². The molecule has 0 bridgehead atoms. The number of halogens is 3. The molecule has 1 aromatic rings. The van der Waals surface area contributed by atoms with Gasteiger partial charge in [-0.1, -0.05) is 25.9 Å². The van der Waals surface area contributed by atoms with Gasteiger partial charge in [0.2, 0.25) is 5.89 Å². The first kappa shape index (κ1) is 20.0. The van der Waals surface area contributed by atoms with Crippen LogP contribution in [0.5, 0.6) is 0 Å². The van der Waals surface area contributed by atoms with Crippen LogP contribution < -0.4 is 5.32 Å². The van der Waals surface area contributed by atoms with Gasteiger partial charge in [0.05, 0.1) is 11.8 Å². The van der Waals surface area contributed by atoms with Crippen LogP contribution in [-0.2, 0) is 10.2 Å². The Morgan fingerprint density at radius 2 is 1.92 bits per heavy atom. The quantitative estimate of drug-likeness (QED) is 0.836. The Morgan fingerprint density at radius 1 is 1.31 bits per heavy atom. The number of hydrogen-bond acceptors (Lipinski definition) is 5. The molecule has 0 aromatic carbocycles. The van der Waals surface area contributed by atoms with Crippen molar-refractivity contribution in [3.8, 4) is 0 Å². The lowest BCUT2D eigenvalue weighted by Crippen LogP contribution is -2.40. The number of carbonyl (C=O) groups is 2. The number of urea groups is 1. The molecule has 1 aliphatic rings. The summed E-state index contributed by atoms with van der Waals surface area (Å²) in [6.07, 6.45) is -4.70. The highest BCUT2D eigenvalue weighted by atomic mass is 19.4. The first-order valence-electron chi connectivity index (χ1n) is 7.99. The molecule has 0 radical (unpaired) electrons. The largest absolute Gasteiger partial charge is 0.481 e. The Kier molecular flexibility index (Phi) is 5.20. The van der Waals surface area contributed by atoms with E-state index in [9.17, 15) is 22.8 Å². The Balaban J connectivity index is 2.05. The van der Waals surface area contributed by atoms with E-state index in [2.05, 4.69) is 15.5 Å². The van der Waals surface area contributed by atoms with Crippen LogP contribution in [0.1, 0.15) is 45.5 Å². The van der Waals surface area contributed by atoms with E-state index >= 15 is 0 Å². The normalized spacial score (nSPS) is 22.3. The minimum absolute atomic E-state index is 0.115. The highest BCUT2D eigenvalue weighted by Gasteiger charge is 2.53. The highest BCUT2D eigenvalue weighted by Crippen LogP contribution is 2.37.